The van der Waals surface area contributed by atoms with Crippen molar-refractivity contribution in [1.82, 2.24) is 10.2 Å². The van der Waals surface area contributed by atoms with Gasteiger partial charge in [-0.3, -0.25) is 9.69 Å². The molecule has 88 valence electrons. The number of rotatable bonds is 5. The van der Waals surface area contributed by atoms with E-state index in [1.54, 1.807) is 6.92 Å². The lowest BCUT2D eigenvalue weighted by molar-refractivity contribution is -0.143. The van der Waals surface area contributed by atoms with Gasteiger partial charge in [-0.25, -0.2) is 4.39 Å². The molecular formula is C10H19FN2O2. The predicted molar refractivity (Wildman–Crippen MR) is 55.5 cm³/mol. The first kappa shape index (κ1) is 12.4. The van der Waals surface area contributed by atoms with Gasteiger partial charge in [0.25, 0.3) is 0 Å². The first-order valence-electron chi connectivity index (χ1n) is 5.44. The Bertz CT molecular complexity index is 202. The molecule has 0 amide bonds. The number of halogens is 1. The second-order valence-electron chi connectivity index (χ2n) is 3.60. The van der Waals surface area contributed by atoms with Crippen LogP contribution >= 0.6 is 0 Å². The van der Waals surface area contributed by atoms with Crippen molar-refractivity contribution in [3.8, 4) is 0 Å². The molecule has 5 heteroatoms. The molecule has 0 saturated carbocycles. The molecule has 1 saturated heterocycles. The zero-order valence-electron chi connectivity index (χ0n) is 9.17. The predicted octanol–water partition coefficient (Wildman–Crippen LogP) is 0.183. The molecule has 0 aliphatic carbocycles. The third kappa shape index (κ3) is 4.13. The van der Waals surface area contributed by atoms with Gasteiger partial charge < -0.3 is 10.1 Å². The van der Waals surface area contributed by atoms with Gasteiger partial charge in [0.15, 0.2) is 0 Å². The lowest BCUT2D eigenvalue weighted by atomic mass is 10.2. The molecule has 1 atom stereocenters. The number of nitrogens with zero attached hydrogens (tertiary/aromatic N) is 1. The van der Waals surface area contributed by atoms with E-state index in [1.807, 2.05) is 4.90 Å². The molecule has 0 radical (unpaired) electrons. The van der Waals surface area contributed by atoms with Gasteiger partial charge in [-0.2, -0.15) is 0 Å². The number of carbonyl (C=O) groups is 1. The summed E-state index contributed by atoms with van der Waals surface area (Å²) in [6, 6.07) is -0.0897. The van der Waals surface area contributed by atoms with Crippen LogP contribution in [0.25, 0.3) is 0 Å². The van der Waals surface area contributed by atoms with Crippen LogP contribution in [0.4, 0.5) is 4.39 Å². The van der Waals surface area contributed by atoms with E-state index in [0.29, 0.717) is 26.1 Å². The van der Waals surface area contributed by atoms with Crippen LogP contribution in [0, 0.1) is 0 Å². The maximum absolute atomic E-state index is 12.6. The van der Waals surface area contributed by atoms with Gasteiger partial charge in [0.1, 0.15) is 6.67 Å². The van der Waals surface area contributed by atoms with Crippen LogP contribution in [-0.4, -0.2) is 56.4 Å². The molecule has 0 aromatic rings. The molecule has 1 aliphatic heterocycles. The van der Waals surface area contributed by atoms with E-state index < -0.39 is 0 Å². The molecule has 4 nitrogen and oxygen atoms in total. The number of hydrogen-bond acceptors (Lipinski definition) is 4. The standard InChI is InChI=1S/C10H19FN2O2/c1-2-15-10(14)3-5-13-6-4-12-8-9(13)7-11/h9,12H,2-8H2,1H3. The highest BCUT2D eigenvalue weighted by molar-refractivity contribution is 5.69. The van der Waals surface area contributed by atoms with Crippen molar-refractivity contribution in [2.24, 2.45) is 0 Å². The van der Waals surface area contributed by atoms with Crippen molar-refractivity contribution in [2.45, 2.75) is 19.4 Å². The van der Waals surface area contributed by atoms with Crippen molar-refractivity contribution in [3.63, 3.8) is 0 Å². The zero-order valence-corrected chi connectivity index (χ0v) is 9.17. The van der Waals surface area contributed by atoms with Gasteiger partial charge in [-0.05, 0) is 6.92 Å². The molecule has 1 heterocycles. The largest absolute Gasteiger partial charge is 0.466 e. The van der Waals surface area contributed by atoms with E-state index in [4.69, 9.17) is 4.74 Å². The molecule has 1 rings (SSSR count). The number of nitrogens with one attached hydrogen (secondary N) is 1. The SMILES string of the molecule is CCOC(=O)CCN1CCNCC1CF. The molecule has 1 unspecified atom stereocenters. The Labute approximate surface area is 89.8 Å². The van der Waals surface area contributed by atoms with Crippen molar-refractivity contribution in [2.75, 3.05) is 39.5 Å². The summed E-state index contributed by atoms with van der Waals surface area (Å²) in [7, 11) is 0. The van der Waals surface area contributed by atoms with Gasteiger partial charge in [-0.15, -0.1) is 0 Å². The minimum atomic E-state index is -0.365. The Balaban J connectivity index is 2.26. The van der Waals surface area contributed by atoms with E-state index in [-0.39, 0.29) is 18.7 Å². The lowest BCUT2D eigenvalue weighted by Crippen LogP contribution is -2.52. The number of ether oxygens (including phenoxy) is 1. The van der Waals surface area contributed by atoms with Crippen LogP contribution in [-0.2, 0) is 9.53 Å². The molecule has 1 fully saturated rings. The molecule has 1 N–H and O–H groups in total. The summed E-state index contributed by atoms with van der Waals surface area (Å²) in [5.74, 6) is -0.200. The van der Waals surface area contributed by atoms with Crippen LogP contribution < -0.4 is 5.32 Å². The van der Waals surface area contributed by atoms with Crippen LogP contribution in [0.1, 0.15) is 13.3 Å². The van der Waals surface area contributed by atoms with Crippen molar-refractivity contribution in [3.05, 3.63) is 0 Å². The minimum absolute atomic E-state index is 0.0897. The van der Waals surface area contributed by atoms with Crippen molar-refractivity contribution < 1.29 is 13.9 Å². The summed E-state index contributed by atoms with van der Waals surface area (Å²) < 4.78 is 17.4. The van der Waals surface area contributed by atoms with Gasteiger partial charge in [0.05, 0.1) is 19.1 Å². The fourth-order valence-corrected chi connectivity index (χ4v) is 1.72. The van der Waals surface area contributed by atoms with Crippen LogP contribution in [0.3, 0.4) is 0 Å². The summed E-state index contributed by atoms with van der Waals surface area (Å²) in [4.78, 5) is 13.1. The Morgan fingerprint density at radius 1 is 1.67 bits per heavy atom. The summed E-state index contributed by atoms with van der Waals surface area (Å²) in [5.41, 5.74) is 0. The topological polar surface area (TPSA) is 41.6 Å². The molecule has 1 aliphatic rings. The van der Waals surface area contributed by atoms with Crippen LogP contribution in [0.5, 0.6) is 0 Å². The second-order valence-corrected chi connectivity index (χ2v) is 3.60. The van der Waals surface area contributed by atoms with E-state index in [1.165, 1.54) is 0 Å². The maximum atomic E-state index is 12.6. The minimum Gasteiger partial charge on any atom is -0.466 e. The summed E-state index contributed by atoms with van der Waals surface area (Å²) in [6.07, 6.45) is 0.352. The summed E-state index contributed by atoms with van der Waals surface area (Å²) >= 11 is 0. The number of carbonyl (C=O) groups excluding carboxylic acids is 1. The highest BCUT2D eigenvalue weighted by Crippen LogP contribution is 2.05. The third-order valence-electron chi connectivity index (χ3n) is 2.56. The summed E-state index contributed by atoms with van der Waals surface area (Å²) in [6.45, 7) is 4.75. The Hall–Kier alpha value is -0.680. The third-order valence-corrected chi connectivity index (χ3v) is 2.56. The van der Waals surface area contributed by atoms with E-state index in [9.17, 15) is 9.18 Å². The Morgan fingerprint density at radius 2 is 2.47 bits per heavy atom. The number of hydrogen-bond donors (Lipinski definition) is 1. The highest BCUT2D eigenvalue weighted by Gasteiger charge is 2.22. The van der Waals surface area contributed by atoms with Crippen molar-refractivity contribution in [1.29, 1.82) is 0 Å². The van der Waals surface area contributed by atoms with E-state index >= 15 is 0 Å². The zero-order chi connectivity index (χ0) is 11.1. The van der Waals surface area contributed by atoms with Gasteiger partial charge in [0.2, 0.25) is 0 Å². The van der Waals surface area contributed by atoms with Crippen molar-refractivity contribution >= 4 is 5.97 Å². The van der Waals surface area contributed by atoms with E-state index in [2.05, 4.69) is 5.32 Å². The molecule has 0 aromatic heterocycles. The maximum Gasteiger partial charge on any atom is 0.307 e. The number of piperazine rings is 1. The first-order chi connectivity index (χ1) is 7.27. The molecular weight excluding hydrogens is 199 g/mol. The molecule has 0 aromatic carbocycles. The van der Waals surface area contributed by atoms with Gasteiger partial charge in [-0.1, -0.05) is 0 Å². The molecule has 0 spiro atoms. The second kappa shape index (κ2) is 6.74. The smallest absolute Gasteiger partial charge is 0.307 e. The first-order valence-corrected chi connectivity index (χ1v) is 5.44. The lowest BCUT2D eigenvalue weighted by Gasteiger charge is -2.34. The highest BCUT2D eigenvalue weighted by atomic mass is 19.1. The monoisotopic (exact) mass is 218 g/mol. The van der Waals surface area contributed by atoms with E-state index in [0.717, 1.165) is 13.1 Å². The number of esters is 1. The van der Waals surface area contributed by atoms with Crippen LogP contribution in [0.15, 0.2) is 0 Å². The average molecular weight is 218 g/mol. The Morgan fingerprint density at radius 3 is 3.13 bits per heavy atom. The molecule has 15 heavy (non-hydrogen) atoms. The quantitative estimate of drug-likeness (QED) is 0.669. The fraction of sp³-hybridized carbons (Fsp3) is 0.900. The Kier molecular flexibility index (Phi) is 5.57. The van der Waals surface area contributed by atoms with Crippen LogP contribution in [0.2, 0.25) is 0 Å². The fourth-order valence-electron chi connectivity index (χ4n) is 1.72. The van der Waals surface area contributed by atoms with Gasteiger partial charge >= 0.3 is 5.97 Å². The molecule has 0 bridgehead atoms. The van der Waals surface area contributed by atoms with Gasteiger partial charge in [0, 0.05) is 26.2 Å². The number of alkyl halides is 1. The average Bonchev–Trinajstić information content (AvgIpc) is 2.27. The summed E-state index contributed by atoms with van der Waals surface area (Å²) in [5, 5.41) is 3.13. The normalized spacial score (nSPS) is 22.7.